The molecule has 1 aromatic rings. The molecule has 1 aromatic carbocycles. The van der Waals surface area contributed by atoms with Gasteiger partial charge in [0.25, 0.3) is 0 Å². The highest BCUT2D eigenvalue weighted by Crippen LogP contribution is 2.28. The van der Waals surface area contributed by atoms with Crippen molar-refractivity contribution in [3.8, 4) is 5.75 Å². The van der Waals surface area contributed by atoms with Gasteiger partial charge in [-0.25, -0.2) is 0 Å². The Kier molecular flexibility index (Phi) is 5.35. The molecule has 3 nitrogen and oxygen atoms in total. The first-order chi connectivity index (χ1) is 8.54. The van der Waals surface area contributed by atoms with E-state index in [9.17, 15) is 4.79 Å². The first kappa shape index (κ1) is 14.7. The van der Waals surface area contributed by atoms with Crippen LogP contribution in [0.1, 0.15) is 41.3 Å². The molecule has 1 rings (SSSR count). The van der Waals surface area contributed by atoms with Crippen molar-refractivity contribution in [2.45, 2.75) is 33.6 Å². The maximum atomic E-state index is 12.3. The molecule has 0 aliphatic heterocycles. The van der Waals surface area contributed by atoms with E-state index in [-0.39, 0.29) is 11.7 Å². The van der Waals surface area contributed by atoms with Crippen molar-refractivity contribution in [1.29, 1.82) is 0 Å². The van der Waals surface area contributed by atoms with E-state index in [1.807, 2.05) is 26.0 Å². The number of hydrogen-bond acceptors (Lipinski definition) is 3. The lowest BCUT2D eigenvalue weighted by Gasteiger charge is -2.15. The first-order valence-corrected chi connectivity index (χ1v) is 6.42. The highest BCUT2D eigenvalue weighted by atomic mass is 16.5. The molecule has 2 N–H and O–H groups in total. The summed E-state index contributed by atoms with van der Waals surface area (Å²) in [4.78, 5) is 12.3. The van der Waals surface area contributed by atoms with Gasteiger partial charge in [-0.3, -0.25) is 4.79 Å². The summed E-state index contributed by atoms with van der Waals surface area (Å²) in [5, 5.41) is 0. The molecule has 0 saturated carbocycles. The molecule has 0 aromatic heterocycles. The third kappa shape index (κ3) is 3.10. The van der Waals surface area contributed by atoms with Crippen LogP contribution < -0.4 is 10.5 Å². The topological polar surface area (TPSA) is 52.3 Å². The van der Waals surface area contributed by atoms with Crippen LogP contribution in [-0.2, 0) is 0 Å². The average molecular weight is 249 g/mol. The van der Waals surface area contributed by atoms with Crippen molar-refractivity contribution in [3.05, 3.63) is 28.8 Å². The third-order valence-electron chi connectivity index (χ3n) is 3.57. The predicted octanol–water partition coefficient (Wildman–Crippen LogP) is 2.87. The maximum absolute atomic E-state index is 12.3. The van der Waals surface area contributed by atoms with Gasteiger partial charge in [0.2, 0.25) is 0 Å². The van der Waals surface area contributed by atoms with Gasteiger partial charge in [0.15, 0.2) is 5.78 Å². The van der Waals surface area contributed by atoms with Gasteiger partial charge < -0.3 is 10.5 Å². The van der Waals surface area contributed by atoms with E-state index in [2.05, 4.69) is 6.92 Å². The molecule has 1 atom stereocenters. The fourth-order valence-corrected chi connectivity index (χ4v) is 2.04. The summed E-state index contributed by atoms with van der Waals surface area (Å²) < 4.78 is 5.37. The fraction of sp³-hybridized carbons (Fsp3) is 0.533. The Morgan fingerprint density at radius 1 is 1.39 bits per heavy atom. The second-order valence-corrected chi connectivity index (χ2v) is 4.73. The van der Waals surface area contributed by atoms with E-state index in [1.54, 1.807) is 7.11 Å². The van der Waals surface area contributed by atoms with Crippen LogP contribution in [0.4, 0.5) is 0 Å². The predicted molar refractivity (Wildman–Crippen MR) is 74.3 cm³/mol. The summed E-state index contributed by atoms with van der Waals surface area (Å²) in [6.45, 7) is 6.60. The lowest BCUT2D eigenvalue weighted by atomic mass is 9.94. The maximum Gasteiger partial charge on any atom is 0.166 e. The standard InChI is InChI=1S/C15H23NO2/c1-5-12(9-16)8-14(17)13-7-6-10(2)11(3)15(13)18-4/h6-7,12H,5,8-9,16H2,1-4H3. The molecular formula is C15H23NO2. The molecule has 0 bridgehead atoms. The summed E-state index contributed by atoms with van der Waals surface area (Å²) in [7, 11) is 1.61. The molecule has 0 heterocycles. The zero-order valence-corrected chi connectivity index (χ0v) is 11.7. The Bertz CT molecular complexity index is 423. The van der Waals surface area contributed by atoms with Crippen LogP contribution in [0.15, 0.2) is 12.1 Å². The van der Waals surface area contributed by atoms with Crippen molar-refractivity contribution >= 4 is 5.78 Å². The number of carbonyl (C=O) groups excluding carboxylic acids is 1. The number of Topliss-reactive ketones (excluding diaryl/α,β-unsaturated/α-hetero) is 1. The summed E-state index contributed by atoms with van der Waals surface area (Å²) in [5.74, 6) is 1.07. The van der Waals surface area contributed by atoms with E-state index in [0.29, 0.717) is 24.3 Å². The van der Waals surface area contributed by atoms with E-state index in [4.69, 9.17) is 10.5 Å². The van der Waals surface area contributed by atoms with Crippen LogP contribution in [-0.4, -0.2) is 19.4 Å². The number of ether oxygens (including phenoxy) is 1. The highest BCUT2D eigenvalue weighted by molar-refractivity contribution is 5.99. The average Bonchev–Trinajstić information content (AvgIpc) is 2.38. The Labute approximate surface area is 109 Å². The van der Waals surface area contributed by atoms with Crippen LogP contribution in [0, 0.1) is 19.8 Å². The molecule has 0 fully saturated rings. The molecule has 0 saturated heterocycles. The van der Waals surface area contributed by atoms with Gasteiger partial charge in [-0.2, -0.15) is 0 Å². The number of benzene rings is 1. The number of nitrogens with two attached hydrogens (primary N) is 1. The van der Waals surface area contributed by atoms with Gasteiger partial charge in [0.05, 0.1) is 12.7 Å². The van der Waals surface area contributed by atoms with Gasteiger partial charge in [-0.05, 0) is 43.5 Å². The van der Waals surface area contributed by atoms with E-state index >= 15 is 0 Å². The Balaban J connectivity index is 3.02. The number of aryl methyl sites for hydroxylation is 1. The minimum Gasteiger partial charge on any atom is -0.496 e. The van der Waals surface area contributed by atoms with Crippen LogP contribution >= 0.6 is 0 Å². The summed E-state index contributed by atoms with van der Waals surface area (Å²) >= 11 is 0. The monoisotopic (exact) mass is 249 g/mol. The number of hydrogen-bond donors (Lipinski definition) is 1. The third-order valence-corrected chi connectivity index (χ3v) is 3.57. The van der Waals surface area contributed by atoms with Crippen molar-refractivity contribution in [3.63, 3.8) is 0 Å². The molecule has 0 aliphatic carbocycles. The second-order valence-electron chi connectivity index (χ2n) is 4.73. The van der Waals surface area contributed by atoms with Gasteiger partial charge in [0, 0.05) is 6.42 Å². The molecule has 18 heavy (non-hydrogen) atoms. The molecule has 0 radical (unpaired) electrons. The van der Waals surface area contributed by atoms with Crippen molar-refractivity contribution in [2.75, 3.05) is 13.7 Å². The minimum absolute atomic E-state index is 0.118. The molecule has 100 valence electrons. The molecule has 1 unspecified atom stereocenters. The number of carbonyl (C=O) groups is 1. The Hall–Kier alpha value is -1.35. The summed E-state index contributed by atoms with van der Waals surface area (Å²) in [6.07, 6.45) is 1.42. The first-order valence-electron chi connectivity index (χ1n) is 6.42. The normalized spacial score (nSPS) is 12.3. The van der Waals surface area contributed by atoms with E-state index < -0.39 is 0 Å². The van der Waals surface area contributed by atoms with Crippen molar-refractivity contribution in [2.24, 2.45) is 11.7 Å². The summed E-state index contributed by atoms with van der Waals surface area (Å²) in [5.41, 5.74) is 8.49. The molecule has 0 amide bonds. The van der Waals surface area contributed by atoms with Gasteiger partial charge >= 0.3 is 0 Å². The van der Waals surface area contributed by atoms with E-state index in [1.165, 1.54) is 0 Å². The lowest BCUT2D eigenvalue weighted by Crippen LogP contribution is -2.18. The quantitative estimate of drug-likeness (QED) is 0.789. The largest absolute Gasteiger partial charge is 0.496 e. The lowest BCUT2D eigenvalue weighted by molar-refractivity contribution is 0.0958. The second kappa shape index (κ2) is 6.55. The Morgan fingerprint density at radius 2 is 2.06 bits per heavy atom. The highest BCUT2D eigenvalue weighted by Gasteiger charge is 2.18. The van der Waals surface area contributed by atoms with Crippen LogP contribution in [0.3, 0.4) is 0 Å². The summed E-state index contributed by atoms with van der Waals surface area (Å²) in [6, 6.07) is 3.82. The smallest absolute Gasteiger partial charge is 0.166 e. The van der Waals surface area contributed by atoms with Crippen molar-refractivity contribution in [1.82, 2.24) is 0 Å². The zero-order valence-electron chi connectivity index (χ0n) is 11.7. The fourth-order valence-electron chi connectivity index (χ4n) is 2.04. The molecule has 0 aliphatic rings. The molecule has 3 heteroatoms. The molecular weight excluding hydrogens is 226 g/mol. The zero-order chi connectivity index (χ0) is 13.7. The number of methoxy groups -OCH3 is 1. The molecule has 0 spiro atoms. The van der Waals surface area contributed by atoms with Gasteiger partial charge in [-0.1, -0.05) is 19.4 Å². The van der Waals surface area contributed by atoms with E-state index in [0.717, 1.165) is 17.5 Å². The Morgan fingerprint density at radius 3 is 2.56 bits per heavy atom. The van der Waals surface area contributed by atoms with Gasteiger partial charge in [0.1, 0.15) is 5.75 Å². The van der Waals surface area contributed by atoms with Crippen molar-refractivity contribution < 1.29 is 9.53 Å². The number of rotatable bonds is 6. The number of ketones is 1. The van der Waals surface area contributed by atoms with Crippen LogP contribution in [0.2, 0.25) is 0 Å². The van der Waals surface area contributed by atoms with Gasteiger partial charge in [-0.15, -0.1) is 0 Å². The minimum atomic E-state index is 0.118. The van der Waals surface area contributed by atoms with Crippen LogP contribution in [0.5, 0.6) is 5.75 Å². The SMILES string of the molecule is CCC(CN)CC(=O)c1ccc(C)c(C)c1OC. The van der Waals surface area contributed by atoms with Crippen LogP contribution in [0.25, 0.3) is 0 Å².